The summed E-state index contributed by atoms with van der Waals surface area (Å²) in [4.78, 5) is 30.7. The predicted molar refractivity (Wildman–Crippen MR) is 87.8 cm³/mol. The number of hydrogen-bond donors (Lipinski definition) is 1. The Kier molecular flexibility index (Phi) is 4.18. The van der Waals surface area contributed by atoms with Crippen LogP contribution in [0.3, 0.4) is 0 Å². The second kappa shape index (κ2) is 6.28. The summed E-state index contributed by atoms with van der Waals surface area (Å²) in [6.07, 6.45) is 0. The Hall–Kier alpha value is -2.57. The number of nitrogens with zero attached hydrogens (tertiary/aromatic N) is 3. The molecular formula is C16H19FN4O2. The molecule has 0 unspecified atom stereocenters. The van der Waals surface area contributed by atoms with E-state index >= 15 is 0 Å². The van der Waals surface area contributed by atoms with Crippen LogP contribution in [0.2, 0.25) is 0 Å². The van der Waals surface area contributed by atoms with Gasteiger partial charge in [0.25, 0.3) is 5.56 Å². The zero-order chi connectivity index (χ0) is 16.4. The van der Waals surface area contributed by atoms with Gasteiger partial charge in [-0.3, -0.25) is 14.3 Å². The smallest absolute Gasteiger partial charge is 0.329 e. The summed E-state index contributed by atoms with van der Waals surface area (Å²) in [5, 5.41) is 0. The highest BCUT2D eigenvalue weighted by Crippen LogP contribution is 2.18. The predicted octanol–water partition coefficient (Wildman–Crippen LogP) is 1.02. The van der Waals surface area contributed by atoms with Crippen LogP contribution in [-0.4, -0.2) is 35.7 Å². The normalized spacial score (nSPS) is 15.0. The minimum atomic E-state index is -0.379. The summed E-state index contributed by atoms with van der Waals surface area (Å²) in [6, 6.07) is 7.89. The maximum absolute atomic E-state index is 13.0. The minimum absolute atomic E-state index is 0.249. The number of nitrogens with one attached hydrogen (secondary N) is 1. The molecule has 1 aromatic heterocycles. The topological polar surface area (TPSA) is 61.3 Å². The Balaban J connectivity index is 1.73. The fraction of sp³-hybridized carbons (Fsp3) is 0.375. The lowest BCUT2D eigenvalue weighted by molar-refractivity contribution is 0.620. The van der Waals surface area contributed by atoms with Crippen molar-refractivity contribution in [2.45, 2.75) is 13.5 Å². The molecule has 1 N–H and O–H groups in total. The van der Waals surface area contributed by atoms with Crippen molar-refractivity contribution in [1.82, 2.24) is 9.55 Å². The summed E-state index contributed by atoms with van der Waals surface area (Å²) < 4.78 is 14.1. The number of hydrogen-bond acceptors (Lipinski definition) is 4. The van der Waals surface area contributed by atoms with E-state index in [-0.39, 0.29) is 17.1 Å². The highest BCUT2D eigenvalue weighted by atomic mass is 19.1. The molecule has 0 aliphatic carbocycles. The number of benzene rings is 1. The average Bonchev–Trinajstić information content (AvgIpc) is 2.55. The largest absolute Gasteiger partial charge is 0.368 e. The van der Waals surface area contributed by atoms with Crippen molar-refractivity contribution in [1.29, 1.82) is 0 Å². The van der Waals surface area contributed by atoms with Gasteiger partial charge in [0.2, 0.25) is 0 Å². The summed E-state index contributed by atoms with van der Waals surface area (Å²) in [5.41, 5.74) is 0.309. The summed E-state index contributed by atoms with van der Waals surface area (Å²) in [7, 11) is 0. The SMILES string of the molecule is CCn1c(=O)cc(N2CCN(c3ccc(F)cc3)CC2)[nH]c1=O. The molecule has 122 valence electrons. The molecule has 1 aliphatic heterocycles. The third kappa shape index (κ3) is 3.13. The van der Waals surface area contributed by atoms with E-state index in [2.05, 4.69) is 9.88 Å². The average molecular weight is 318 g/mol. The van der Waals surface area contributed by atoms with E-state index in [0.717, 1.165) is 23.3 Å². The molecule has 2 heterocycles. The van der Waals surface area contributed by atoms with Gasteiger partial charge in [-0.25, -0.2) is 9.18 Å². The van der Waals surface area contributed by atoms with E-state index in [4.69, 9.17) is 0 Å². The molecule has 7 heteroatoms. The fourth-order valence-corrected chi connectivity index (χ4v) is 2.84. The summed E-state index contributed by atoms with van der Waals surface area (Å²) >= 11 is 0. The van der Waals surface area contributed by atoms with E-state index in [1.54, 1.807) is 19.1 Å². The third-order valence-corrected chi connectivity index (χ3v) is 4.13. The Morgan fingerprint density at radius 2 is 1.65 bits per heavy atom. The molecular weight excluding hydrogens is 299 g/mol. The van der Waals surface area contributed by atoms with E-state index in [1.807, 2.05) is 4.90 Å². The Morgan fingerprint density at radius 1 is 1.04 bits per heavy atom. The zero-order valence-electron chi connectivity index (χ0n) is 13.0. The van der Waals surface area contributed by atoms with Gasteiger partial charge in [-0.1, -0.05) is 0 Å². The van der Waals surface area contributed by atoms with E-state index in [1.165, 1.54) is 18.2 Å². The van der Waals surface area contributed by atoms with Gasteiger partial charge in [0, 0.05) is 44.5 Å². The first-order valence-corrected chi connectivity index (χ1v) is 7.68. The van der Waals surface area contributed by atoms with Crippen LogP contribution in [-0.2, 0) is 6.54 Å². The Morgan fingerprint density at radius 3 is 2.22 bits per heavy atom. The molecule has 2 aromatic rings. The standard InChI is InChI=1S/C16H19FN4O2/c1-2-21-15(22)11-14(18-16(21)23)20-9-7-19(8-10-20)13-5-3-12(17)4-6-13/h3-6,11H,2,7-10H2,1H3,(H,18,23). The van der Waals surface area contributed by atoms with Crippen LogP contribution in [0.5, 0.6) is 0 Å². The van der Waals surface area contributed by atoms with Crippen LogP contribution in [0, 0.1) is 5.82 Å². The van der Waals surface area contributed by atoms with Crippen LogP contribution in [0.25, 0.3) is 0 Å². The Bertz CT molecular complexity index is 758. The van der Waals surface area contributed by atoms with Crippen LogP contribution in [0.1, 0.15) is 6.92 Å². The third-order valence-electron chi connectivity index (χ3n) is 4.13. The van der Waals surface area contributed by atoms with Crippen LogP contribution >= 0.6 is 0 Å². The van der Waals surface area contributed by atoms with Crippen molar-refractivity contribution in [2.24, 2.45) is 0 Å². The van der Waals surface area contributed by atoms with E-state index < -0.39 is 0 Å². The molecule has 3 rings (SSSR count). The lowest BCUT2D eigenvalue weighted by Crippen LogP contribution is -2.48. The van der Waals surface area contributed by atoms with E-state index in [0.29, 0.717) is 25.5 Å². The maximum atomic E-state index is 13.0. The highest BCUT2D eigenvalue weighted by molar-refractivity contribution is 5.49. The molecule has 23 heavy (non-hydrogen) atoms. The lowest BCUT2D eigenvalue weighted by Gasteiger charge is -2.36. The van der Waals surface area contributed by atoms with Gasteiger partial charge in [0.05, 0.1) is 0 Å². The number of anilines is 2. The lowest BCUT2D eigenvalue weighted by atomic mass is 10.2. The maximum Gasteiger partial charge on any atom is 0.329 e. The first-order chi connectivity index (χ1) is 11.1. The van der Waals surface area contributed by atoms with Gasteiger partial charge in [-0.15, -0.1) is 0 Å². The molecule has 0 bridgehead atoms. The van der Waals surface area contributed by atoms with Crippen molar-refractivity contribution in [3.63, 3.8) is 0 Å². The Labute approximate surface area is 132 Å². The van der Waals surface area contributed by atoms with Gasteiger partial charge >= 0.3 is 5.69 Å². The second-order valence-electron chi connectivity index (χ2n) is 5.49. The number of halogens is 1. The van der Waals surface area contributed by atoms with Crippen molar-refractivity contribution in [3.05, 3.63) is 57.0 Å². The van der Waals surface area contributed by atoms with Crippen molar-refractivity contribution in [2.75, 3.05) is 36.0 Å². The molecule has 6 nitrogen and oxygen atoms in total. The van der Waals surface area contributed by atoms with Crippen molar-refractivity contribution >= 4 is 11.5 Å². The van der Waals surface area contributed by atoms with Gasteiger partial charge in [-0.2, -0.15) is 0 Å². The summed E-state index contributed by atoms with van der Waals surface area (Å²) in [6.45, 7) is 4.96. The van der Waals surface area contributed by atoms with Crippen LogP contribution in [0.15, 0.2) is 39.9 Å². The second-order valence-corrected chi connectivity index (χ2v) is 5.49. The summed E-state index contributed by atoms with van der Waals surface area (Å²) in [5.74, 6) is 0.310. The van der Waals surface area contributed by atoms with Crippen molar-refractivity contribution in [3.8, 4) is 0 Å². The van der Waals surface area contributed by atoms with Crippen LogP contribution in [0.4, 0.5) is 15.9 Å². The number of H-pyrrole nitrogens is 1. The van der Waals surface area contributed by atoms with Gasteiger partial charge < -0.3 is 9.80 Å². The van der Waals surface area contributed by atoms with Gasteiger partial charge in [0.1, 0.15) is 11.6 Å². The highest BCUT2D eigenvalue weighted by Gasteiger charge is 2.19. The molecule has 1 saturated heterocycles. The van der Waals surface area contributed by atoms with Crippen molar-refractivity contribution < 1.29 is 4.39 Å². The van der Waals surface area contributed by atoms with Crippen LogP contribution < -0.4 is 21.0 Å². The first-order valence-electron chi connectivity index (χ1n) is 7.68. The van der Waals surface area contributed by atoms with E-state index in [9.17, 15) is 14.0 Å². The number of rotatable bonds is 3. The molecule has 0 spiro atoms. The molecule has 0 atom stereocenters. The number of piperazine rings is 1. The molecule has 0 saturated carbocycles. The minimum Gasteiger partial charge on any atom is -0.368 e. The molecule has 1 aromatic carbocycles. The zero-order valence-corrected chi connectivity index (χ0v) is 13.0. The quantitative estimate of drug-likeness (QED) is 0.918. The fourth-order valence-electron chi connectivity index (χ4n) is 2.84. The molecule has 1 fully saturated rings. The van der Waals surface area contributed by atoms with Gasteiger partial charge in [0.15, 0.2) is 0 Å². The number of aromatic amines is 1. The molecule has 1 aliphatic rings. The first kappa shape index (κ1) is 15.3. The monoisotopic (exact) mass is 318 g/mol. The molecule has 0 amide bonds. The van der Waals surface area contributed by atoms with Gasteiger partial charge in [-0.05, 0) is 31.2 Å². The number of aromatic nitrogens is 2. The molecule has 0 radical (unpaired) electrons.